The average molecular weight is 349 g/mol. The molecule has 0 saturated heterocycles. The molecule has 2 amide bonds. The minimum absolute atomic E-state index is 0.0117. The molecule has 0 spiro atoms. The van der Waals surface area contributed by atoms with E-state index in [4.69, 9.17) is 39.1 Å². The van der Waals surface area contributed by atoms with E-state index in [1.165, 1.54) is 18.1 Å². The average Bonchev–Trinajstić information content (AvgIpc) is 2.44. The number of halogens is 2. The monoisotopic (exact) mass is 348 g/mol. The molecule has 0 heterocycles. The molecule has 0 atom stereocenters. The van der Waals surface area contributed by atoms with E-state index in [2.05, 4.69) is 0 Å². The number of carbonyl (C=O) groups is 1. The fourth-order valence-electron chi connectivity index (χ4n) is 1.93. The van der Waals surface area contributed by atoms with Gasteiger partial charge in [0.25, 0.3) is 0 Å². The Morgan fingerprint density at radius 3 is 2.36 bits per heavy atom. The lowest BCUT2D eigenvalue weighted by atomic mass is 10.2. The van der Waals surface area contributed by atoms with Crippen LogP contribution < -0.4 is 15.4 Å². The van der Waals surface area contributed by atoms with Gasteiger partial charge in [-0.1, -0.05) is 23.2 Å². The van der Waals surface area contributed by atoms with Crippen LogP contribution in [-0.4, -0.2) is 42.2 Å². The molecule has 0 bridgehead atoms. The van der Waals surface area contributed by atoms with Crippen LogP contribution in [0.25, 0.3) is 0 Å². The summed E-state index contributed by atoms with van der Waals surface area (Å²) in [4.78, 5) is 14.9. The number of phenolic OH excluding ortho intramolecular Hbond substituents is 1. The number of methoxy groups -OCH3 is 1. The summed E-state index contributed by atoms with van der Waals surface area (Å²) < 4.78 is 4.99. The molecule has 0 aliphatic heterocycles. The van der Waals surface area contributed by atoms with E-state index >= 15 is 0 Å². The number of benzene rings is 1. The second kappa shape index (κ2) is 7.42. The molecule has 7 nitrogen and oxygen atoms in total. The molecule has 1 aromatic rings. The third-order valence-corrected chi connectivity index (χ3v) is 3.66. The van der Waals surface area contributed by atoms with Crippen molar-refractivity contribution in [1.29, 1.82) is 5.41 Å². The van der Waals surface area contributed by atoms with Gasteiger partial charge in [-0.05, 0) is 13.8 Å². The first-order valence-corrected chi connectivity index (χ1v) is 7.23. The Labute approximate surface area is 138 Å². The quantitative estimate of drug-likeness (QED) is 0.574. The Bertz CT molecular complexity index is 591. The van der Waals surface area contributed by atoms with Gasteiger partial charge in [-0.15, -0.1) is 0 Å². The Balaban J connectivity index is 3.52. The van der Waals surface area contributed by atoms with E-state index in [-0.39, 0.29) is 27.2 Å². The molecule has 0 aliphatic carbocycles. The van der Waals surface area contributed by atoms with E-state index in [1.807, 2.05) is 0 Å². The topological polar surface area (TPSA) is 103 Å². The lowest BCUT2D eigenvalue weighted by Crippen LogP contribution is -2.49. The van der Waals surface area contributed by atoms with Crippen LogP contribution in [0.1, 0.15) is 13.8 Å². The summed E-state index contributed by atoms with van der Waals surface area (Å²) in [5, 5.41) is 17.3. The minimum atomic E-state index is -0.548. The Hall–Kier alpha value is -1.86. The Kier molecular flexibility index (Phi) is 6.13. The fraction of sp³-hybridized carbons (Fsp3) is 0.385. The lowest BCUT2D eigenvalue weighted by molar-refractivity contribution is 0.213. The van der Waals surface area contributed by atoms with Crippen molar-refractivity contribution in [1.82, 2.24) is 4.90 Å². The van der Waals surface area contributed by atoms with Crippen LogP contribution in [-0.2, 0) is 0 Å². The SMILES string of the molecule is CCN(CC)C(=O)N(C(=N)N)c1c(Cl)cc(O)c(OC)c1Cl. The van der Waals surface area contributed by atoms with E-state index in [0.717, 1.165) is 4.90 Å². The summed E-state index contributed by atoms with van der Waals surface area (Å²) in [6, 6.07) is 0.626. The molecule has 1 rings (SSSR count). The highest BCUT2D eigenvalue weighted by atomic mass is 35.5. The number of aromatic hydroxyl groups is 1. The number of hydrogen-bond donors (Lipinski definition) is 3. The van der Waals surface area contributed by atoms with Gasteiger partial charge in [-0.3, -0.25) is 5.41 Å². The fourth-order valence-corrected chi connectivity index (χ4v) is 2.62. The van der Waals surface area contributed by atoms with Crippen LogP contribution in [0.5, 0.6) is 11.5 Å². The van der Waals surface area contributed by atoms with Gasteiger partial charge in [0, 0.05) is 19.2 Å². The van der Waals surface area contributed by atoms with Crippen LogP contribution in [0.2, 0.25) is 10.0 Å². The summed E-state index contributed by atoms with van der Waals surface area (Å²) in [5.74, 6) is -0.881. The van der Waals surface area contributed by atoms with Crippen LogP contribution in [0.3, 0.4) is 0 Å². The smallest absolute Gasteiger partial charge is 0.331 e. The summed E-state index contributed by atoms with van der Waals surface area (Å²) in [6.45, 7) is 4.42. The number of rotatable bonds is 4. The Morgan fingerprint density at radius 2 is 1.95 bits per heavy atom. The lowest BCUT2D eigenvalue weighted by Gasteiger charge is -2.29. The second-order valence-electron chi connectivity index (χ2n) is 4.25. The summed E-state index contributed by atoms with van der Waals surface area (Å²) in [6.07, 6.45) is 0. The van der Waals surface area contributed by atoms with Gasteiger partial charge in [-0.25, -0.2) is 9.69 Å². The molecule has 122 valence electrons. The van der Waals surface area contributed by atoms with Gasteiger partial charge < -0.3 is 20.5 Å². The zero-order chi connectivity index (χ0) is 17.0. The third kappa shape index (κ3) is 3.31. The predicted molar refractivity (Wildman–Crippen MR) is 87.4 cm³/mol. The molecular weight excluding hydrogens is 331 g/mol. The maximum atomic E-state index is 12.5. The normalized spacial score (nSPS) is 10.2. The molecule has 0 fully saturated rings. The molecule has 0 aliphatic rings. The number of urea groups is 1. The number of anilines is 1. The number of phenols is 1. The number of guanidine groups is 1. The van der Waals surface area contributed by atoms with E-state index < -0.39 is 12.0 Å². The van der Waals surface area contributed by atoms with E-state index in [9.17, 15) is 9.90 Å². The maximum absolute atomic E-state index is 12.5. The van der Waals surface area contributed by atoms with Gasteiger partial charge in [0.15, 0.2) is 11.5 Å². The number of nitrogens with one attached hydrogen (secondary N) is 1. The van der Waals surface area contributed by atoms with Crippen molar-refractivity contribution < 1.29 is 14.6 Å². The largest absolute Gasteiger partial charge is 0.504 e. The van der Waals surface area contributed by atoms with Gasteiger partial charge in [0.05, 0.1) is 17.8 Å². The Morgan fingerprint density at radius 1 is 1.41 bits per heavy atom. The molecule has 22 heavy (non-hydrogen) atoms. The van der Waals surface area contributed by atoms with Crippen molar-refractivity contribution in [3.63, 3.8) is 0 Å². The van der Waals surface area contributed by atoms with Gasteiger partial charge in [-0.2, -0.15) is 0 Å². The summed E-state index contributed by atoms with van der Waals surface area (Å²) >= 11 is 12.2. The summed E-state index contributed by atoms with van der Waals surface area (Å²) in [7, 11) is 1.31. The number of ether oxygens (including phenoxy) is 1. The van der Waals surface area contributed by atoms with Crippen molar-refractivity contribution in [3.05, 3.63) is 16.1 Å². The van der Waals surface area contributed by atoms with Crippen LogP contribution in [0.4, 0.5) is 10.5 Å². The van der Waals surface area contributed by atoms with Crippen LogP contribution >= 0.6 is 23.2 Å². The highest BCUT2D eigenvalue weighted by molar-refractivity contribution is 6.42. The molecule has 1 aromatic carbocycles. The van der Waals surface area contributed by atoms with Crippen LogP contribution in [0, 0.1) is 5.41 Å². The standard InChI is InChI=1S/C13H18Cl2N4O3/c1-4-18(5-2)13(21)19(12(16)17)10-7(14)6-8(20)11(22-3)9(10)15/h6,20H,4-5H2,1-3H3,(H3,16,17). The third-order valence-electron chi connectivity index (χ3n) is 3.02. The first kappa shape index (κ1) is 18.2. The van der Waals surface area contributed by atoms with E-state index in [0.29, 0.717) is 13.1 Å². The predicted octanol–water partition coefficient (Wildman–Crippen LogP) is 2.87. The van der Waals surface area contributed by atoms with Crippen molar-refractivity contribution in [3.8, 4) is 11.5 Å². The first-order chi connectivity index (χ1) is 10.3. The highest BCUT2D eigenvalue weighted by Gasteiger charge is 2.30. The van der Waals surface area contributed by atoms with Crippen molar-refractivity contribution in [2.75, 3.05) is 25.1 Å². The van der Waals surface area contributed by atoms with E-state index in [1.54, 1.807) is 13.8 Å². The number of nitrogens with two attached hydrogens (primary N) is 1. The number of nitrogens with zero attached hydrogens (tertiary/aromatic N) is 2. The van der Waals surface area contributed by atoms with Crippen LogP contribution in [0.15, 0.2) is 6.07 Å². The second-order valence-corrected chi connectivity index (χ2v) is 5.03. The number of carbonyl (C=O) groups excluding carboxylic acids is 1. The molecule has 4 N–H and O–H groups in total. The minimum Gasteiger partial charge on any atom is -0.504 e. The zero-order valence-electron chi connectivity index (χ0n) is 12.5. The van der Waals surface area contributed by atoms with Crippen molar-refractivity contribution in [2.45, 2.75) is 13.8 Å². The molecule has 0 unspecified atom stereocenters. The van der Waals surface area contributed by atoms with Crippen molar-refractivity contribution >= 4 is 40.9 Å². The number of hydrogen-bond acceptors (Lipinski definition) is 4. The summed E-state index contributed by atoms with van der Waals surface area (Å²) in [5.41, 5.74) is 5.51. The highest BCUT2D eigenvalue weighted by Crippen LogP contribution is 2.46. The molecule has 9 heteroatoms. The first-order valence-electron chi connectivity index (χ1n) is 6.48. The molecular formula is C13H18Cl2N4O3. The molecule has 0 aromatic heterocycles. The maximum Gasteiger partial charge on any atom is 0.331 e. The van der Waals surface area contributed by atoms with Crippen molar-refractivity contribution in [2.24, 2.45) is 5.73 Å². The van der Waals surface area contributed by atoms with Gasteiger partial charge in [0.1, 0.15) is 5.02 Å². The van der Waals surface area contributed by atoms with Gasteiger partial charge in [0.2, 0.25) is 5.96 Å². The zero-order valence-corrected chi connectivity index (χ0v) is 14.0. The number of amides is 2. The molecule has 0 radical (unpaired) electrons. The van der Waals surface area contributed by atoms with Gasteiger partial charge >= 0.3 is 6.03 Å². The molecule has 0 saturated carbocycles.